The van der Waals surface area contributed by atoms with Gasteiger partial charge >= 0.3 is 6.18 Å². The van der Waals surface area contributed by atoms with Gasteiger partial charge in [-0.3, -0.25) is 19.1 Å². The van der Waals surface area contributed by atoms with Gasteiger partial charge < -0.3 is 25.4 Å². The molecule has 0 radical (unpaired) electrons. The van der Waals surface area contributed by atoms with E-state index in [4.69, 9.17) is 11.0 Å². The molecule has 232 valence electrons. The summed E-state index contributed by atoms with van der Waals surface area (Å²) in [7, 11) is 1.33. The third-order valence-electron chi connectivity index (χ3n) is 7.89. The number of hydrogen-bond acceptors (Lipinski definition) is 7. The van der Waals surface area contributed by atoms with Crippen LogP contribution in [0.5, 0.6) is 0 Å². The zero-order valence-electron chi connectivity index (χ0n) is 23.9. The smallest absolute Gasteiger partial charge is 0.339 e. The lowest BCUT2D eigenvalue weighted by molar-refractivity contribution is -0.141. The van der Waals surface area contributed by atoms with E-state index >= 15 is 4.39 Å². The van der Waals surface area contributed by atoms with Crippen molar-refractivity contribution in [3.05, 3.63) is 53.0 Å². The lowest BCUT2D eigenvalue weighted by Gasteiger charge is -2.40. The summed E-state index contributed by atoms with van der Waals surface area (Å²) in [5.41, 5.74) is 4.20. The Morgan fingerprint density at radius 1 is 1.14 bits per heavy atom. The number of aryl methyl sites for hydroxylation is 1. The van der Waals surface area contributed by atoms with Crippen LogP contribution in [0.1, 0.15) is 45.1 Å². The number of piperazine rings is 1. The second-order valence-corrected chi connectivity index (χ2v) is 10.9. The van der Waals surface area contributed by atoms with Crippen molar-refractivity contribution in [2.45, 2.75) is 38.5 Å². The summed E-state index contributed by atoms with van der Waals surface area (Å²) in [6.45, 7) is 2.26. The van der Waals surface area contributed by atoms with Crippen molar-refractivity contribution in [2.24, 2.45) is 18.7 Å². The van der Waals surface area contributed by atoms with Gasteiger partial charge in [0.15, 0.2) is 11.5 Å². The number of hydrogen-bond donors (Lipinski definition) is 2. The van der Waals surface area contributed by atoms with Crippen LogP contribution in [0.3, 0.4) is 0 Å². The molecule has 0 spiro atoms. The van der Waals surface area contributed by atoms with Crippen LogP contribution in [-0.2, 0) is 24.6 Å². The average molecular weight is 616 g/mol. The zero-order valence-corrected chi connectivity index (χ0v) is 23.9. The van der Waals surface area contributed by atoms with Gasteiger partial charge in [0.2, 0.25) is 5.91 Å². The number of aromatic nitrogens is 4. The Morgan fingerprint density at radius 2 is 1.80 bits per heavy atom. The molecular weight excluding hydrogens is 586 g/mol. The fraction of sp³-hybridized carbons (Fsp3) is 0.429. The highest BCUT2D eigenvalue weighted by atomic mass is 19.4. The maximum atomic E-state index is 15.3. The largest absolute Gasteiger partial charge is 0.435 e. The number of imidazole rings is 1. The van der Waals surface area contributed by atoms with Crippen LogP contribution in [0.25, 0.3) is 11.3 Å². The van der Waals surface area contributed by atoms with Gasteiger partial charge in [-0.15, -0.1) is 0 Å². The number of carbonyl (C=O) groups excluding carboxylic acids is 3. The molecule has 1 aliphatic carbocycles. The molecule has 0 unspecified atom stereocenters. The summed E-state index contributed by atoms with van der Waals surface area (Å²) in [6.07, 6.45) is -1.41. The minimum Gasteiger partial charge on any atom is -0.339 e. The molecule has 0 bridgehead atoms. The van der Waals surface area contributed by atoms with Crippen molar-refractivity contribution in [3.63, 3.8) is 0 Å². The topological polar surface area (TPSA) is 155 Å². The van der Waals surface area contributed by atoms with Crippen LogP contribution in [-0.4, -0.2) is 79.1 Å². The molecule has 3 amide bonds. The molecule has 1 saturated heterocycles. The third-order valence-corrected chi connectivity index (χ3v) is 7.89. The molecule has 3 N–H and O–H groups in total. The summed E-state index contributed by atoms with van der Waals surface area (Å²) >= 11 is 0. The van der Waals surface area contributed by atoms with Crippen molar-refractivity contribution >= 4 is 23.4 Å². The molecule has 16 heteroatoms. The number of nitrogens with one attached hydrogen (secondary N) is 1. The number of halogens is 4. The van der Waals surface area contributed by atoms with Crippen molar-refractivity contribution in [1.29, 1.82) is 5.26 Å². The third kappa shape index (κ3) is 5.87. The van der Waals surface area contributed by atoms with E-state index < -0.39 is 36.0 Å². The van der Waals surface area contributed by atoms with Crippen LogP contribution < -0.4 is 11.1 Å². The maximum absolute atomic E-state index is 15.3. The Morgan fingerprint density at radius 3 is 2.39 bits per heavy atom. The van der Waals surface area contributed by atoms with E-state index in [1.54, 1.807) is 11.0 Å². The highest BCUT2D eigenvalue weighted by molar-refractivity contribution is 6.03. The Kier molecular flexibility index (Phi) is 8.17. The molecule has 2 fully saturated rings. The zero-order chi connectivity index (χ0) is 31.9. The molecule has 3 aromatic rings. The van der Waals surface area contributed by atoms with Crippen molar-refractivity contribution in [2.75, 3.05) is 31.5 Å². The van der Waals surface area contributed by atoms with Gasteiger partial charge in [-0.1, -0.05) is 0 Å². The number of nitriles is 1. The number of alkyl halides is 3. The van der Waals surface area contributed by atoms with E-state index in [1.165, 1.54) is 24.9 Å². The standard InChI is InChI=1S/C28H29F4N9O3/c1-15-9-18(12-20(29)22(15)27(44)40-7-5-39(6-8-40)26(43)16-10-17(34)11-16)36-25(42)24-35-13-21(38(24)2)19-14-41(4-3-33)37-23(19)28(30,31)32/h9,12-14,16-17H,4-8,10-11,34H2,1-2H3,(H,36,42). The number of carbonyl (C=O) groups is 3. The first-order chi connectivity index (χ1) is 20.8. The first kappa shape index (κ1) is 30.7. The second-order valence-electron chi connectivity index (χ2n) is 10.9. The highest BCUT2D eigenvalue weighted by Gasteiger charge is 2.39. The van der Waals surface area contributed by atoms with Gasteiger partial charge in [-0.25, -0.2) is 9.37 Å². The lowest BCUT2D eigenvalue weighted by Crippen LogP contribution is -2.54. The molecule has 2 aliphatic rings. The molecule has 1 aromatic carbocycles. The predicted molar refractivity (Wildman–Crippen MR) is 147 cm³/mol. The van der Waals surface area contributed by atoms with E-state index in [2.05, 4.69) is 15.4 Å². The Bertz CT molecular complexity index is 1640. The van der Waals surface area contributed by atoms with Gasteiger partial charge in [0.1, 0.15) is 12.4 Å². The van der Waals surface area contributed by atoms with Crippen LogP contribution in [0.15, 0.2) is 24.5 Å². The number of benzene rings is 1. The number of nitrogens with two attached hydrogens (primary N) is 1. The minimum atomic E-state index is -4.83. The van der Waals surface area contributed by atoms with Crippen LogP contribution >= 0.6 is 0 Å². The number of nitrogens with zero attached hydrogens (tertiary/aromatic N) is 7. The summed E-state index contributed by atoms with van der Waals surface area (Å²) in [6, 6.07) is 4.16. The van der Waals surface area contributed by atoms with E-state index in [0.29, 0.717) is 25.9 Å². The number of rotatable bonds is 6. The molecule has 2 aromatic heterocycles. The summed E-state index contributed by atoms with van der Waals surface area (Å²) < 4.78 is 58.1. The molecule has 12 nitrogen and oxygen atoms in total. The van der Waals surface area contributed by atoms with Crippen molar-refractivity contribution in [3.8, 4) is 17.3 Å². The summed E-state index contributed by atoms with van der Waals surface area (Å²) in [5, 5.41) is 14.8. The van der Waals surface area contributed by atoms with E-state index in [9.17, 15) is 27.6 Å². The van der Waals surface area contributed by atoms with Gasteiger partial charge in [-0.05, 0) is 37.5 Å². The van der Waals surface area contributed by atoms with Gasteiger partial charge in [0, 0.05) is 57.1 Å². The minimum absolute atomic E-state index is 0.0121. The first-order valence-electron chi connectivity index (χ1n) is 13.8. The molecule has 5 rings (SSSR count). The van der Waals surface area contributed by atoms with E-state index in [1.807, 2.05) is 0 Å². The van der Waals surface area contributed by atoms with Crippen LogP contribution in [0.4, 0.5) is 23.2 Å². The van der Waals surface area contributed by atoms with Gasteiger partial charge in [0.25, 0.3) is 11.8 Å². The molecule has 1 aliphatic heterocycles. The highest BCUT2D eigenvalue weighted by Crippen LogP contribution is 2.36. The molecule has 44 heavy (non-hydrogen) atoms. The van der Waals surface area contributed by atoms with Crippen LogP contribution in [0.2, 0.25) is 0 Å². The lowest BCUT2D eigenvalue weighted by atomic mass is 9.80. The molecule has 0 atom stereocenters. The molecular formula is C28H29F4N9O3. The second kappa shape index (κ2) is 11.7. The summed E-state index contributed by atoms with van der Waals surface area (Å²) in [5.74, 6) is -2.57. The number of anilines is 1. The van der Waals surface area contributed by atoms with E-state index in [0.717, 1.165) is 27.7 Å². The SMILES string of the molecule is Cc1cc(NC(=O)c2ncc(-c3cn(CC#N)nc3C(F)(F)F)n2C)cc(F)c1C(=O)N1CCN(C(=O)C2CC(N)C2)CC1. The van der Waals surface area contributed by atoms with E-state index in [-0.39, 0.29) is 64.9 Å². The van der Waals surface area contributed by atoms with Gasteiger partial charge in [0.05, 0.1) is 29.1 Å². The predicted octanol–water partition coefficient (Wildman–Crippen LogP) is 2.55. The quantitative estimate of drug-likeness (QED) is 0.404. The Labute approximate surface area is 249 Å². The molecule has 1 saturated carbocycles. The Hall–Kier alpha value is -4.78. The molecule has 3 heterocycles. The van der Waals surface area contributed by atoms with Crippen LogP contribution in [0, 0.1) is 30.0 Å². The first-order valence-corrected chi connectivity index (χ1v) is 13.8. The average Bonchev–Trinajstić information content (AvgIpc) is 3.54. The maximum Gasteiger partial charge on any atom is 0.435 e. The Balaban J connectivity index is 1.28. The fourth-order valence-corrected chi connectivity index (χ4v) is 5.53. The van der Waals surface area contributed by atoms with Gasteiger partial charge in [-0.2, -0.15) is 23.5 Å². The fourth-order valence-electron chi connectivity index (χ4n) is 5.53. The number of amides is 3. The monoisotopic (exact) mass is 615 g/mol. The normalized spacial score (nSPS) is 18.5. The van der Waals surface area contributed by atoms with Crippen molar-refractivity contribution < 1.29 is 31.9 Å². The summed E-state index contributed by atoms with van der Waals surface area (Å²) in [4.78, 5) is 45.9. The van der Waals surface area contributed by atoms with Crippen molar-refractivity contribution in [1.82, 2.24) is 29.1 Å².